The molecular weight excluding hydrogens is 857 g/mol. The van der Waals surface area contributed by atoms with E-state index in [-0.39, 0.29) is 0 Å². The van der Waals surface area contributed by atoms with Crippen LogP contribution in [-0.2, 0) is 0 Å². The summed E-state index contributed by atoms with van der Waals surface area (Å²) in [6.07, 6.45) is 0. The van der Waals surface area contributed by atoms with Gasteiger partial charge in [-0.2, -0.15) is 0 Å². The molecule has 0 unspecified atom stereocenters. The average molecular weight is 899 g/mol. The SMILES string of the molecule is c1ccc([Si](c2ccccc2)(c2ccccc2)c2cccc(-c3nc(-c4cccc(-n5c6ccccc6c6ccccc65)c4)nc(-c4ccccc4-c4cccc5oc6ccccc6c45)n3)c2)cc1. The molecule has 0 aliphatic rings. The van der Waals surface area contributed by atoms with Crippen molar-refractivity contribution in [2.75, 3.05) is 0 Å². The summed E-state index contributed by atoms with van der Waals surface area (Å²) >= 11 is 0. The minimum absolute atomic E-state index is 0.584. The lowest BCUT2D eigenvalue weighted by atomic mass is 9.95. The Bertz CT molecular complexity index is 3880. The first kappa shape index (κ1) is 40.3. The molecule has 5 nitrogen and oxygen atoms in total. The highest BCUT2D eigenvalue weighted by Crippen LogP contribution is 2.41. The lowest BCUT2D eigenvalue weighted by Crippen LogP contribution is -2.74. The Morgan fingerprint density at radius 2 is 0.768 bits per heavy atom. The molecule has 13 rings (SSSR count). The number of hydrogen-bond acceptors (Lipinski definition) is 4. The van der Waals surface area contributed by atoms with Gasteiger partial charge in [0.25, 0.3) is 0 Å². The third kappa shape index (κ3) is 6.72. The summed E-state index contributed by atoms with van der Waals surface area (Å²) in [7, 11) is -2.88. The highest BCUT2D eigenvalue weighted by Gasteiger charge is 2.41. The maximum Gasteiger partial charge on any atom is 0.179 e. The van der Waals surface area contributed by atoms with Crippen LogP contribution in [0.2, 0.25) is 0 Å². The van der Waals surface area contributed by atoms with Gasteiger partial charge < -0.3 is 8.98 Å². The summed E-state index contributed by atoms with van der Waals surface area (Å²) in [6, 6.07) is 90.8. The molecule has 0 N–H and O–H groups in total. The Kier molecular flexibility index (Phi) is 9.77. The van der Waals surface area contributed by atoms with Gasteiger partial charge in [-0.05, 0) is 68.3 Å². The lowest BCUT2D eigenvalue weighted by molar-refractivity contribution is 0.669. The number of furan rings is 1. The standard InChI is InChI=1S/C63H42N4OSi/c1-4-24-46(25-5-1)69(47-26-6-2-7-27-47,48-28-8-3-9-29-48)49-30-19-22-44(42-49)62-64-61(43-21-18-23-45(41-43)67-56-37-15-12-32-51(56)52-33-13-16-38-57(52)67)65-63(66-62)54-34-11-10-31-50(54)53-36-20-40-59-60(53)55-35-14-17-39-58(55)68-59/h1-42H. The van der Waals surface area contributed by atoms with Crippen molar-refractivity contribution in [1.82, 2.24) is 19.5 Å². The summed E-state index contributed by atoms with van der Waals surface area (Å²) in [5, 5.41) is 9.68. The molecule has 3 aromatic heterocycles. The van der Waals surface area contributed by atoms with Gasteiger partial charge in [0.15, 0.2) is 25.5 Å². The monoisotopic (exact) mass is 898 g/mol. The van der Waals surface area contributed by atoms with Gasteiger partial charge in [-0.1, -0.05) is 218 Å². The Labute approximate surface area is 400 Å². The van der Waals surface area contributed by atoms with Crippen molar-refractivity contribution >= 4 is 72.6 Å². The van der Waals surface area contributed by atoms with Crippen molar-refractivity contribution in [2.45, 2.75) is 0 Å². The van der Waals surface area contributed by atoms with Gasteiger partial charge >= 0.3 is 0 Å². The zero-order valence-electron chi connectivity index (χ0n) is 37.4. The van der Waals surface area contributed by atoms with Gasteiger partial charge in [-0.25, -0.2) is 15.0 Å². The number of aromatic nitrogens is 4. The average Bonchev–Trinajstić information content (AvgIpc) is 3.98. The maximum absolute atomic E-state index is 6.40. The fourth-order valence-corrected chi connectivity index (χ4v) is 15.4. The van der Waals surface area contributed by atoms with Crippen LogP contribution < -0.4 is 20.7 Å². The smallest absolute Gasteiger partial charge is 0.179 e. The fraction of sp³-hybridized carbons (Fsp3) is 0. The van der Waals surface area contributed by atoms with Crippen LogP contribution in [0.4, 0.5) is 0 Å². The van der Waals surface area contributed by atoms with Crippen LogP contribution in [0.1, 0.15) is 0 Å². The largest absolute Gasteiger partial charge is 0.456 e. The minimum Gasteiger partial charge on any atom is -0.456 e. The summed E-state index contributed by atoms with van der Waals surface area (Å²) in [6.45, 7) is 0. The molecule has 0 saturated carbocycles. The van der Waals surface area contributed by atoms with E-state index in [1.165, 1.54) is 31.5 Å². The number of benzene rings is 10. The molecular formula is C63H42N4OSi. The van der Waals surface area contributed by atoms with Crippen LogP contribution in [0, 0.1) is 0 Å². The van der Waals surface area contributed by atoms with E-state index in [4.69, 9.17) is 19.4 Å². The van der Waals surface area contributed by atoms with Crippen molar-refractivity contribution < 1.29 is 4.42 Å². The number of nitrogens with zero attached hydrogens (tertiary/aromatic N) is 4. The summed E-state index contributed by atoms with van der Waals surface area (Å²) < 4.78 is 8.74. The molecule has 0 saturated heterocycles. The predicted octanol–water partition coefficient (Wildman–Crippen LogP) is 12.9. The second-order valence-electron chi connectivity index (χ2n) is 17.5. The second-order valence-corrected chi connectivity index (χ2v) is 21.3. The van der Waals surface area contributed by atoms with E-state index < -0.39 is 8.07 Å². The summed E-state index contributed by atoms with van der Waals surface area (Å²) in [4.78, 5) is 16.3. The molecule has 0 bridgehead atoms. The van der Waals surface area contributed by atoms with Crippen molar-refractivity contribution in [1.29, 1.82) is 0 Å². The highest BCUT2D eigenvalue weighted by atomic mass is 28.3. The maximum atomic E-state index is 6.40. The van der Waals surface area contributed by atoms with E-state index >= 15 is 0 Å². The predicted molar refractivity (Wildman–Crippen MR) is 287 cm³/mol. The Morgan fingerprint density at radius 1 is 0.319 bits per heavy atom. The third-order valence-corrected chi connectivity index (χ3v) is 18.4. The van der Waals surface area contributed by atoms with Gasteiger partial charge in [0.1, 0.15) is 11.2 Å². The lowest BCUT2D eigenvalue weighted by Gasteiger charge is -2.34. The van der Waals surface area contributed by atoms with Crippen molar-refractivity contribution in [3.8, 4) is 51.0 Å². The van der Waals surface area contributed by atoms with Crippen LogP contribution in [0.15, 0.2) is 259 Å². The third-order valence-electron chi connectivity index (χ3n) is 13.6. The van der Waals surface area contributed by atoms with E-state index in [1.54, 1.807) is 0 Å². The van der Waals surface area contributed by atoms with Crippen LogP contribution >= 0.6 is 0 Å². The summed E-state index contributed by atoms with van der Waals surface area (Å²) in [5.74, 6) is 1.77. The summed E-state index contributed by atoms with van der Waals surface area (Å²) in [5.41, 5.74) is 9.76. The molecule has 0 amide bonds. The topological polar surface area (TPSA) is 56.7 Å². The quantitative estimate of drug-likeness (QED) is 0.107. The Balaban J connectivity index is 1.05. The van der Waals surface area contributed by atoms with Gasteiger partial charge in [0.05, 0.1) is 11.0 Å². The van der Waals surface area contributed by atoms with Crippen LogP contribution in [0.5, 0.6) is 0 Å². The van der Waals surface area contributed by atoms with Crippen LogP contribution in [0.25, 0.3) is 94.7 Å². The zero-order valence-corrected chi connectivity index (χ0v) is 38.4. The molecule has 324 valence electrons. The molecule has 0 fully saturated rings. The van der Waals surface area contributed by atoms with E-state index in [1.807, 2.05) is 18.2 Å². The van der Waals surface area contributed by atoms with E-state index in [2.05, 4.69) is 241 Å². The minimum atomic E-state index is -2.88. The van der Waals surface area contributed by atoms with E-state index in [0.29, 0.717) is 17.5 Å². The highest BCUT2D eigenvalue weighted by molar-refractivity contribution is 7.19. The van der Waals surface area contributed by atoms with Gasteiger partial charge in [-0.3, -0.25) is 0 Å². The Morgan fingerprint density at radius 3 is 1.41 bits per heavy atom. The van der Waals surface area contributed by atoms with Gasteiger partial charge in [0.2, 0.25) is 0 Å². The normalized spacial score (nSPS) is 11.8. The van der Waals surface area contributed by atoms with Crippen molar-refractivity contribution in [3.63, 3.8) is 0 Å². The molecule has 69 heavy (non-hydrogen) atoms. The first-order valence-corrected chi connectivity index (χ1v) is 25.3. The first-order chi connectivity index (χ1) is 34.2. The van der Waals surface area contributed by atoms with Crippen molar-refractivity contribution in [3.05, 3.63) is 255 Å². The van der Waals surface area contributed by atoms with Crippen LogP contribution in [-0.4, -0.2) is 27.6 Å². The van der Waals surface area contributed by atoms with E-state index in [9.17, 15) is 0 Å². The molecule has 3 heterocycles. The van der Waals surface area contributed by atoms with Gasteiger partial charge in [-0.15, -0.1) is 0 Å². The van der Waals surface area contributed by atoms with Crippen LogP contribution in [0.3, 0.4) is 0 Å². The molecule has 13 aromatic rings. The molecule has 0 spiro atoms. The zero-order chi connectivity index (χ0) is 45.7. The molecule has 0 radical (unpaired) electrons. The number of para-hydroxylation sites is 3. The van der Waals surface area contributed by atoms with Crippen molar-refractivity contribution in [2.24, 2.45) is 0 Å². The second kappa shape index (κ2) is 16.7. The first-order valence-electron chi connectivity index (χ1n) is 23.3. The number of hydrogen-bond donors (Lipinski definition) is 0. The molecule has 0 atom stereocenters. The molecule has 10 aromatic carbocycles. The molecule has 0 aliphatic heterocycles. The molecule has 0 aliphatic carbocycles. The molecule has 6 heteroatoms. The number of fused-ring (bicyclic) bond motifs is 6. The Hall–Kier alpha value is -8.97. The fourth-order valence-electron chi connectivity index (χ4n) is 10.6. The number of rotatable bonds is 9. The van der Waals surface area contributed by atoms with Gasteiger partial charge in [0, 0.05) is 43.9 Å². The van der Waals surface area contributed by atoms with E-state index in [0.717, 1.165) is 66.5 Å².